The molecule has 3 N–H and O–H groups in total. The van der Waals surface area contributed by atoms with Crippen molar-refractivity contribution in [3.63, 3.8) is 0 Å². The monoisotopic (exact) mass is 414 g/mol. The lowest BCUT2D eigenvalue weighted by molar-refractivity contribution is -0.157. The number of carbonyl (C=O) groups is 4. The van der Waals surface area contributed by atoms with Crippen LogP contribution in [-0.4, -0.2) is 137 Å². The van der Waals surface area contributed by atoms with Gasteiger partial charge in [-0.05, 0) is 25.9 Å². The quantitative estimate of drug-likeness (QED) is 0.334. The molecule has 2 aliphatic rings. The van der Waals surface area contributed by atoms with E-state index in [1.165, 1.54) is 4.90 Å². The predicted molar refractivity (Wildman–Crippen MR) is 102 cm³/mol. The van der Waals surface area contributed by atoms with Gasteiger partial charge in [0.05, 0.1) is 0 Å². The summed E-state index contributed by atoms with van der Waals surface area (Å²) in [4.78, 5) is 53.0. The molecule has 2 fully saturated rings. The van der Waals surface area contributed by atoms with Gasteiger partial charge in [-0.2, -0.15) is 0 Å². The summed E-state index contributed by atoms with van der Waals surface area (Å²) >= 11 is 0. The summed E-state index contributed by atoms with van der Waals surface area (Å²) in [6.45, 7) is 5.58. The van der Waals surface area contributed by atoms with Crippen molar-refractivity contribution in [2.24, 2.45) is 0 Å². The number of hydrogen-bond acceptors (Lipinski definition) is 8. The molecule has 3 atom stereocenters. The van der Waals surface area contributed by atoms with Gasteiger partial charge >= 0.3 is 17.9 Å². The van der Waals surface area contributed by atoms with Gasteiger partial charge in [-0.15, -0.1) is 0 Å². The standard InChI is InChI=1S/C18H30N4O7/c23-13-14(16(24)25)21-5-1-3-20-8-7-19(9-11-21)4-2-6-22(12-10-20)15(17(26)27)18(28)29/h13-15H,1-12H2,(H,24,25)(H,26,27)(H,28,29). The fraction of sp³-hybridized carbons (Fsp3) is 0.778. The fourth-order valence-corrected chi connectivity index (χ4v) is 3.97. The molecule has 2 saturated heterocycles. The molecular weight excluding hydrogens is 384 g/mol. The van der Waals surface area contributed by atoms with E-state index in [9.17, 15) is 34.5 Å². The summed E-state index contributed by atoms with van der Waals surface area (Å²) in [5.41, 5.74) is 0. The first kappa shape index (κ1) is 23.2. The average Bonchev–Trinajstić information content (AvgIpc) is 2.65. The molecule has 0 aromatic rings. The van der Waals surface area contributed by atoms with Gasteiger partial charge in [-0.25, -0.2) is 9.59 Å². The summed E-state index contributed by atoms with van der Waals surface area (Å²) in [6.07, 6.45) is 1.74. The highest BCUT2D eigenvalue weighted by atomic mass is 16.4. The third-order valence-electron chi connectivity index (χ3n) is 5.59. The van der Waals surface area contributed by atoms with E-state index in [-0.39, 0.29) is 0 Å². The number of carboxylic acid groups (broad SMARTS) is 3. The highest BCUT2D eigenvalue weighted by Gasteiger charge is 2.33. The van der Waals surface area contributed by atoms with Crippen LogP contribution in [0.25, 0.3) is 0 Å². The topological polar surface area (TPSA) is 142 Å². The van der Waals surface area contributed by atoms with E-state index in [0.717, 1.165) is 13.1 Å². The van der Waals surface area contributed by atoms with Gasteiger partial charge in [-0.3, -0.25) is 14.6 Å². The first-order chi connectivity index (χ1) is 13.8. The molecule has 2 aliphatic heterocycles. The third kappa shape index (κ3) is 6.74. The third-order valence-corrected chi connectivity index (χ3v) is 5.59. The summed E-state index contributed by atoms with van der Waals surface area (Å²) in [5.74, 6) is -3.86. The van der Waals surface area contributed by atoms with Gasteiger partial charge in [0.1, 0.15) is 6.29 Å². The van der Waals surface area contributed by atoms with Crippen molar-refractivity contribution in [3.8, 4) is 0 Å². The molecule has 0 aromatic carbocycles. The second kappa shape index (κ2) is 11.2. The molecule has 11 nitrogen and oxygen atoms in total. The maximum absolute atomic E-state index is 11.4. The van der Waals surface area contributed by atoms with Crippen molar-refractivity contribution in [1.29, 1.82) is 0 Å². The Bertz CT molecular complexity index is 589. The van der Waals surface area contributed by atoms with Crippen LogP contribution in [-0.2, 0) is 19.2 Å². The maximum Gasteiger partial charge on any atom is 0.332 e. The number of fused-ring (bicyclic) bond motifs is 3. The zero-order chi connectivity index (χ0) is 21.4. The molecule has 164 valence electrons. The van der Waals surface area contributed by atoms with Gasteiger partial charge in [-0.1, -0.05) is 0 Å². The van der Waals surface area contributed by atoms with E-state index in [0.29, 0.717) is 71.5 Å². The van der Waals surface area contributed by atoms with Crippen LogP contribution in [0.3, 0.4) is 0 Å². The Morgan fingerprint density at radius 1 is 0.621 bits per heavy atom. The minimum Gasteiger partial charge on any atom is -0.480 e. The Morgan fingerprint density at radius 3 is 1.52 bits per heavy atom. The molecule has 0 saturated carbocycles. The normalized spacial score (nSPS) is 26.5. The summed E-state index contributed by atoms with van der Waals surface area (Å²) < 4.78 is 0. The lowest BCUT2D eigenvalue weighted by Gasteiger charge is -2.37. The van der Waals surface area contributed by atoms with E-state index >= 15 is 0 Å². The molecule has 2 bridgehead atoms. The first-order valence-corrected chi connectivity index (χ1v) is 9.90. The van der Waals surface area contributed by atoms with E-state index < -0.39 is 30.0 Å². The zero-order valence-corrected chi connectivity index (χ0v) is 16.5. The molecule has 0 spiro atoms. The van der Waals surface area contributed by atoms with Crippen molar-refractivity contribution in [3.05, 3.63) is 0 Å². The van der Waals surface area contributed by atoms with E-state index in [1.54, 1.807) is 4.90 Å². The van der Waals surface area contributed by atoms with Crippen LogP contribution < -0.4 is 0 Å². The first-order valence-electron chi connectivity index (χ1n) is 9.90. The Hall–Kier alpha value is -2.08. The van der Waals surface area contributed by atoms with Crippen molar-refractivity contribution in [1.82, 2.24) is 19.6 Å². The van der Waals surface area contributed by atoms with E-state index in [1.807, 2.05) is 0 Å². The van der Waals surface area contributed by atoms with Crippen LogP contribution >= 0.6 is 0 Å². The minimum absolute atomic E-state index is 0.332. The molecule has 29 heavy (non-hydrogen) atoms. The number of nitrogens with zero attached hydrogens (tertiary/aromatic N) is 4. The molecule has 2 rings (SSSR count). The highest BCUT2D eigenvalue weighted by molar-refractivity contribution is 5.97. The number of aliphatic carboxylic acids is 3. The van der Waals surface area contributed by atoms with Crippen LogP contribution in [0.1, 0.15) is 12.8 Å². The minimum atomic E-state index is -1.56. The van der Waals surface area contributed by atoms with Crippen molar-refractivity contribution in [2.75, 3.05) is 65.4 Å². The van der Waals surface area contributed by atoms with Crippen LogP contribution in [0.4, 0.5) is 0 Å². The van der Waals surface area contributed by atoms with Crippen molar-refractivity contribution in [2.45, 2.75) is 24.9 Å². The Kier molecular flexibility index (Phi) is 8.96. The SMILES string of the molecule is O=CC(C(=O)O)N1CCCN2CCN(CCCN(C(C(=O)O)C(=O)O)CC2)CC1. The van der Waals surface area contributed by atoms with Gasteiger partial charge in [0.15, 0.2) is 6.04 Å². The molecule has 0 radical (unpaired) electrons. The second-order valence-corrected chi connectivity index (χ2v) is 7.46. The van der Waals surface area contributed by atoms with Gasteiger partial charge in [0.25, 0.3) is 0 Å². The second-order valence-electron chi connectivity index (χ2n) is 7.46. The Balaban J connectivity index is 2.11. The van der Waals surface area contributed by atoms with Crippen LogP contribution in [0.15, 0.2) is 0 Å². The lowest BCUT2D eigenvalue weighted by atomic mass is 10.2. The largest absolute Gasteiger partial charge is 0.480 e. The van der Waals surface area contributed by atoms with Gasteiger partial charge in [0, 0.05) is 52.4 Å². The molecular formula is C18H30N4O7. The van der Waals surface area contributed by atoms with Crippen molar-refractivity contribution >= 4 is 24.2 Å². The summed E-state index contributed by atoms with van der Waals surface area (Å²) in [6, 6.07) is -2.71. The van der Waals surface area contributed by atoms with Crippen molar-refractivity contribution < 1.29 is 34.5 Å². The van der Waals surface area contributed by atoms with Gasteiger partial charge < -0.3 is 29.9 Å². The summed E-state index contributed by atoms with van der Waals surface area (Å²) in [7, 11) is 0. The average molecular weight is 414 g/mol. The smallest absolute Gasteiger partial charge is 0.332 e. The van der Waals surface area contributed by atoms with Crippen LogP contribution in [0.2, 0.25) is 0 Å². The maximum atomic E-state index is 11.4. The molecule has 0 amide bonds. The lowest BCUT2D eigenvalue weighted by Crippen LogP contribution is -2.53. The number of carboxylic acids is 3. The Labute approximate surface area is 169 Å². The van der Waals surface area contributed by atoms with E-state index in [2.05, 4.69) is 9.80 Å². The fourth-order valence-electron chi connectivity index (χ4n) is 3.97. The highest BCUT2D eigenvalue weighted by Crippen LogP contribution is 2.10. The zero-order valence-electron chi connectivity index (χ0n) is 16.5. The predicted octanol–water partition coefficient (Wildman–Crippen LogP) is -1.81. The van der Waals surface area contributed by atoms with Crippen LogP contribution in [0.5, 0.6) is 0 Å². The van der Waals surface area contributed by atoms with Gasteiger partial charge in [0.2, 0.25) is 6.04 Å². The molecule has 0 aromatic heterocycles. The summed E-state index contributed by atoms with van der Waals surface area (Å²) in [5, 5.41) is 27.9. The number of rotatable bonds is 6. The number of hydrogen-bond donors (Lipinski definition) is 3. The van der Waals surface area contributed by atoms with Crippen LogP contribution in [0, 0.1) is 0 Å². The van der Waals surface area contributed by atoms with E-state index in [4.69, 9.17) is 0 Å². The molecule has 2 heterocycles. The molecule has 3 unspecified atom stereocenters. The molecule has 0 aliphatic carbocycles. The Morgan fingerprint density at radius 2 is 1.07 bits per heavy atom. The number of aldehydes is 1. The molecule has 11 heteroatoms. The number of carbonyl (C=O) groups excluding carboxylic acids is 1.